The zero-order chi connectivity index (χ0) is 11.2. The molecular formula is C13H21NO2. The van der Waals surface area contributed by atoms with Crippen LogP contribution in [0.25, 0.3) is 0 Å². The number of carbonyl (C=O) groups is 1. The molecule has 0 unspecified atom stereocenters. The summed E-state index contributed by atoms with van der Waals surface area (Å²) in [4.78, 5) is 13.9. The van der Waals surface area contributed by atoms with Crippen LogP contribution in [0.15, 0.2) is 0 Å². The van der Waals surface area contributed by atoms with Crippen LogP contribution in [0.1, 0.15) is 44.9 Å². The number of piperidine rings is 1. The molecule has 1 saturated heterocycles. The van der Waals surface area contributed by atoms with Gasteiger partial charge in [-0.3, -0.25) is 4.79 Å². The van der Waals surface area contributed by atoms with Crippen molar-refractivity contribution in [2.75, 3.05) is 13.1 Å². The first-order chi connectivity index (χ1) is 7.67. The van der Waals surface area contributed by atoms with E-state index in [2.05, 4.69) is 0 Å². The number of hydrogen-bond acceptors (Lipinski definition) is 2. The zero-order valence-electron chi connectivity index (χ0n) is 9.82. The van der Waals surface area contributed by atoms with Crippen molar-refractivity contribution in [1.29, 1.82) is 0 Å². The Kier molecular flexibility index (Phi) is 2.46. The standard InChI is InChI=1S/C13H21NO2/c15-12(9-10-1-2-10)14-7-5-13(16,6-8-14)11-3-4-11/h10-11,16H,1-9H2. The predicted molar refractivity (Wildman–Crippen MR) is 60.8 cm³/mol. The summed E-state index contributed by atoms with van der Waals surface area (Å²) in [6.45, 7) is 1.55. The number of nitrogens with zero attached hydrogens (tertiary/aromatic N) is 1. The molecule has 3 aliphatic rings. The minimum Gasteiger partial charge on any atom is -0.389 e. The van der Waals surface area contributed by atoms with Gasteiger partial charge in [-0.15, -0.1) is 0 Å². The average Bonchev–Trinajstić information content (AvgIpc) is 3.13. The number of rotatable bonds is 3. The summed E-state index contributed by atoms with van der Waals surface area (Å²) in [7, 11) is 0. The number of likely N-dealkylation sites (tertiary alicyclic amines) is 1. The molecule has 2 saturated carbocycles. The SMILES string of the molecule is O=C(CC1CC1)N1CCC(O)(C2CC2)CC1. The largest absolute Gasteiger partial charge is 0.389 e. The lowest BCUT2D eigenvalue weighted by Crippen LogP contribution is -2.47. The van der Waals surface area contributed by atoms with Crippen LogP contribution >= 0.6 is 0 Å². The van der Waals surface area contributed by atoms with Crippen LogP contribution in [0.5, 0.6) is 0 Å². The van der Waals surface area contributed by atoms with Crippen molar-refractivity contribution in [2.45, 2.75) is 50.5 Å². The lowest BCUT2D eigenvalue weighted by molar-refractivity contribution is -0.136. The molecule has 1 heterocycles. The van der Waals surface area contributed by atoms with Gasteiger partial charge in [0.15, 0.2) is 0 Å². The van der Waals surface area contributed by atoms with Gasteiger partial charge in [0.2, 0.25) is 5.91 Å². The molecule has 3 heteroatoms. The molecule has 0 aromatic carbocycles. The van der Waals surface area contributed by atoms with E-state index >= 15 is 0 Å². The van der Waals surface area contributed by atoms with Gasteiger partial charge in [0, 0.05) is 19.5 Å². The second-order valence-electron chi connectivity index (χ2n) is 5.91. The molecule has 0 atom stereocenters. The summed E-state index contributed by atoms with van der Waals surface area (Å²) < 4.78 is 0. The van der Waals surface area contributed by atoms with Crippen LogP contribution in [0.2, 0.25) is 0 Å². The minimum atomic E-state index is -0.434. The Hall–Kier alpha value is -0.570. The van der Waals surface area contributed by atoms with E-state index in [9.17, 15) is 9.90 Å². The van der Waals surface area contributed by atoms with E-state index in [1.807, 2.05) is 4.90 Å². The maximum absolute atomic E-state index is 11.9. The van der Waals surface area contributed by atoms with E-state index < -0.39 is 5.60 Å². The molecule has 0 aromatic heterocycles. The van der Waals surface area contributed by atoms with Gasteiger partial charge in [0.1, 0.15) is 0 Å². The molecule has 0 radical (unpaired) electrons. The zero-order valence-corrected chi connectivity index (χ0v) is 9.82. The topological polar surface area (TPSA) is 40.5 Å². The monoisotopic (exact) mass is 223 g/mol. The first kappa shape index (κ1) is 10.6. The Balaban J connectivity index is 1.50. The van der Waals surface area contributed by atoms with E-state index in [1.54, 1.807) is 0 Å². The highest BCUT2D eigenvalue weighted by Crippen LogP contribution is 2.45. The molecular weight excluding hydrogens is 202 g/mol. The molecule has 1 N–H and O–H groups in total. The van der Waals surface area contributed by atoms with E-state index in [0.717, 1.165) is 32.4 Å². The Morgan fingerprint density at radius 2 is 1.81 bits per heavy atom. The van der Waals surface area contributed by atoms with Crippen molar-refractivity contribution in [2.24, 2.45) is 11.8 Å². The second kappa shape index (κ2) is 3.73. The summed E-state index contributed by atoms with van der Waals surface area (Å²) in [5.41, 5.74) is -0.434. The van der Waals surface area contributed by atoms with Crippen molar-refractivity contribution in [3.8, 4) is 0 Å². The first-order valence-electron chi connectivity index (χ1n) is 6.67. The Morgan fingerprint density at radius 3 is 2.31 bits per heavy atom. The summed E-state index contributed by atoms with van der Waals surface area (Å²) in [5.74, 6) is 1.53. The van der Waals surface area contributed by atoms with Crippen molar-refractivity contribution < 1.29 is 9.90 Å². The normalized spacial score (nSPS) is 29.2. The number of carbonyl (C=O) groups excluding carboxylic acids is 1. The van der Waals surface area contributed by atoms with Gasteiger partial charge >= 0.3 is 0 Å². The van der Waals surface area contributed by atoms with Gasteiger partial charge in [0.25, 0.3) is 0 Å². The molecule has 0 bridgehead atoms. The lowest BCUT2D eigenvalue weighted by Gasteiger charge is -2.38. The number of hydrogen-bond donors (Lipinski definition) is 1. The first-order valence-corrected chi connectivity index (χ1v) is 6.67. The maximum Gasteiger partial charge on any atom is 0.222 e. The molecule has 1 amide bonds. The molecule has 16 heavy (non-hydrogen) atoms. The van der Waals surface area contributed by atoms with Crippen molar-refractivity contribution in [3.63, 3.8) is 0 Å². The molecule has 90 valence electrons. The van der Waals surface area contributed by atoms with E-state index in [1.165, 1.54) is 25.7 Å². The summed E-state index contributed by atoms with van der Waals surface area (Å²) in [5, 5.41) is 10.4. The van der Waals surface area contributed by atoms with Crippen molar-refractivity contribution in [3.05, 3.63) is 0 Å². The summed E-state index contributed by atoms with van der Waals surface area (Å²) >= 11 is 0. The number of amides is 1. The van der Waals surface area contributed by atoms with Crippen LogP contribution in [-0.2, 0) is 4.79 Å². The lowest BCUT2D eigenvalue weighted by atomic mass is 9.86. The summed E-state index contributed by atoms with van der Waals surface area (Å²) in [6.07, 6.45) is 7.21. The fourth-order valence-corrected chi connectivity index (χ4v) is 2.87. The molecule has 2 aliphatic carbocycles. The number of aliphatic hydroxyl groups is 1. The molecule has 1 aliphatic heterocycles. The van der Waals surface area contributed by atoms with Crippen LogP contribution in [0.4, 0.5) is 0 Å². The highest BCUT2D eigenvalue weighted by molar-refractivity contribution is 5.76. The third kappa shape index (κ3) is 2.10. The molecule has 3 fully saturated rings. The van der Waals surface area contributed by atoms with Crippen LogP contribution in [0, 0.1) is 11.8 Å². The second-order valence-corrected chi connectivity index (χ2v) is 5.91. The maximum atomic E-state index is 11.9. The fraction of sp³-hybridized carbons (Fsp3) is 0.923. The molecule has 0 spiro atoms. The van der Waals surface area contributed by atoms with E-state index in [0.29, 0.717) is 17.7 Å². The smallest absolute Gasteiger partial charge is 0.222 e. The third-order valence-electron chi connectivity index (χ3n) is 4.48. The Morgan fingerprint density at radius 1 is 1.19 bits per heavy atom. The van der Waals surface area contributed by atoms with Crippen LogP contribution in [-0.4, -0.2) is 34.6 Å². The van der Waals surface area contributed by atoms with Gasteiger partial charge in [-0.25, -0.2) is 0 Å². The third-order valence-corrected chi connectivity index (χ3v) is 4.48. The molecule has 0 aromatic rings. The quantitative estimate of drug-likeness (QED) is 0.788. The van der Waals surface area contributed by atoms with Gasteiger partial charge < -0.3 is 10.0 Å². The summed E-state index contributed by atoms with van der Waals surface area (Å²) in [6, 6.07) is 0. The Labute approximate surface area is 96.8 Å². The van der Waals surface area contributed by atoms with Crippen LogP contribution < -0.4 is 0 Å². The van der Waals surface area contributed by atoms with Gasteiger partial charge in [-0.1, -0.05) is 0 Å². The fourth-order valence-electron chi connectivity index (χ4n) is 2.87. The van der Waals surface area contributed by atoms with Crippen molar-refractivity contribution in [1.82, 2.24) is 4.90 Å². The van der Waals surface area contributed by atoms with E-state index in [-0.39, 0.29) is 0 Å². The average molecular weight is 223 g/mol. The highest BCUT2D eigenvalue weighted by Gasteiger charge is 2.46. The highest BCUT2D eigenvalue weighted by atomic mass is 16.3. The minimum absolute atomic E-state index is 0.320. The van der Waals surface area contributed by atoms with Gasteiger partial charge in [-0.2, -0.15) is 0 Å². The van der Waals surface area contributed by atoms with Crippen molar-refractivity contribution >= 4 is 5.91 Å². The van der Waals surface area contributed by atoms with Gasteiger partial charge in [-0.05, 0) is 50.4 Å². The molecule has 3 nitrogen and oxygen atoms in total. The Bertz CT molecular complexity index is 286. The van der Waals surface area contributed by atoms with E-state index in [4.69, 9.17) is 0 Å². The predicted octanol–water partition coefficient (Wildman–Crippen LogP) is 1.55. The molecule has 3 rings (SSSR count). The van der Waals surface area contributed by atoms with Crippen LogP contribution in [0.3, 0.4) is 0 Å². The van der Waals surface area contributed by atoms with Gasteiger partial charge in [0.05, 0.1) is 5.60 Å².